The molecule has 0 unspecified atom stereocenters. The molecular weight excluding hydrogens is 274 g/mol. The first-order chi connectivity index (χ1) is 10.2. The van der Waals surface area contributed by atoms with Gasteiger partial charge in [-0.25, -0.2) is 8.78 Å². The summed E-state index contributed by atoms with van der Waals surface area (Å²) in [5, 5.41) is 8.70. The standard InChI is InChI=1S/C17H14F2O2/c18-15-6-4-13(5-7-15)12-21-17-9-8-16(19)11-14(17)3-1-2-10-20/h4-9,11,20H,2,10,12H2. The van der Waals surface area contributed by atoms with E-state index in [1.54, 1.807) is 12.1 Å². The first kappa shape index (κ1) is 15.0. The van der Waals surface area contributed by atoms with Crippen molar-refractivity contribution in [1.82, 2.24) is 0 Å². The van der Waals surface area contributed by atoms with Crippen molar-refractivity contribution in [3.05, 3.63) is 65.2 Å². The fraction of sp³-hybridized carbons (Fsp3) is 0.176. The van der Waals surface area contributed by atoms with E-state index >= 15 is 0 Å². The molecule has 2 aromatic rings. The quantitative estimate of drug-likeness (QED) is 0.875. The smallest absolute Gasteiger partial charge is 0.135 e. The molecule has 21 heavy (non-hydrogen) atoms. The van der Waals surface area contributed by atoms with Crippen LogP contribution in [0.1, 0.15) is 17.5 Å². The van der Waals surface area contributed by atoms with Gasteiger partial charge in [-0.05, 0) is 35.9 Å². The van der Waals surface area contributed by atoms with Gasteiger partial charge in [0.05, 0.1) is 12.2 Å². The number of hydrogen-bond donors (Lipinski definition) is 1. The summed E-state index contributed by atoms with van der Waals surface area (Å²) in [5.74, 6) is 5.23. The highest BCUT2D eigenvalue weighted by atomic mass is 19.1. The number of ether oxygens (including phenoxy) is 1. The van der Waals surface area contributed by atoms with Gasteiger partial charge in [0, 0.05) is 6.42 Å². The molecule has 0 spiro atoms. The van der Waals surface area contributed by atoms with Crippen LogP contribution in [-0.4, -0.2) is 11.7 Å². The van der Waals surface area contributed by atoms with E-state index in [4.69, 9.17) is 9.84 Å². The SMILES string of the molecule is OCCC#Cc1cc(F)ccc1OCc1ccc(F)cc1. The largest absolute Gasteiger partial charge is 0.488 e. The second-order valence-electron chi connectivity index (χ2n) is 4.33. The fourth-order valence-corrected chi connectivity index (χ4v) is 1.68. The van der Waals surface area contributed by atoms with Gasteiger partial charge in [0.2, 0.25) is 0 Å². The predicted octanol–water partition coefficient (Wildman–Crippen LogP) is 3.28. The number of hydrogen-bond acceptors (Lipinski definition) is 2. The molecule has 108 valence electrons. The minimum absolute atomic E-state index is 0.0475. The van der Waals surface area contributed by atoms with Gasteiger partial charge < -0.3 is 9.84 Å². The topological polar surface area (TPSA) is 29.5 Å². The molecule has 0 aliphatic carbocycles. The Morgan fingerprint density at radius 2 is 1.71 bits per heavy atom. The van der Waals surface area contributed by atoms with Gasteiger partial charge in [0.25, 0.3) is 0 Å². The average Bonchev–Trinajstić information content (AvgIpc) is 2.48. The number of halogens is 2. The fourth-order valence-electron chi connectivity index (χ4n) is 1.68. The number of aliphatic hydroxyl groups excluding tert-OH is 1. The Labute approximate surface area is 122 Å². The summed E-state index contributed by atoms with van der Waals surface area (Å²) in [6.07, 6.45) is 0.313. The van der Waals surface area contributed by atoms with Crippen LogP contribution in [0.4, 0.5) is 8.78 Å². The minimum atomic E-state index is -0.405. The highest BCUT2D eigenvalue weighted by Gasteiger charge is 2.04. The van der Waals surface area contributed by atoms with Crippen molar-refractivity contribution in [2.75, 3.05) is 6.61 Å². The molecule has 1 N–H and O–H groups in total. The van der Waals surface area contributed by atoms with E-state index in [0.717, 1.165) is 5.56 Å². The van der Waals surface area contributed by atoms with Crippen molar-refractivity contribution in [3.63, 3.8) is 0 Å². The zero-order chi connectivity index (χ0) is 15.1. The third kappa shape index (κ3) is 4.59. The van der Waals surface area contributed by atoms with E-state index in [0.29, 0.717) is 17.7 Å². The van der Waals surface area contributed by atoms with Crippen molar-refractivity contribution >= 4 is 0 Å². The van der Waals surface area contributed by atoms with Crippen LogP contribution in [0.2, 0.25) is 0 Å². The minimum Gasteiger partial charge on any atom is -0.488 e. The molecule has 0 heterocycles. The van der Waals surface area contributed by atoms with Crippen LogP contribution in [0.5, 0.6) is 5.75 Å². The summed E-state index contributed by atoms with van der Waals surface area (Å²) in [5.41, 5.74) is 1.22. The molecule has 0 fully saturated rings. The van der Waals surface area contributed by atoms with Crippen LogP contribution >= 0.6 is 0 Å². The van der Waals surface area contributed by atoms with Gasteiger partial charge >= 0.3 is 0 Å². The summed E-state index contributed by atoms with van der Waals surface area (Å²) in [7, 11) is 0. The van der Waals surface area contributed by atoms with E-state index in [-0.39, 0.29) is 19.0 Å². The molecule has 2 nitrogen and oxygen atoms in total. The van der Waals surface area contributed by atoms with Crippen molar-refractivity contribution in [2.24, 2.45) is 0 Å². The predicted molar refractivity (Wildman–Crippen MR) is 75.7 cm³/mol. The normalized spacial score (nSPS) is 9.86. The van der Waals surface area contributed by atoms with E-state index in [2.05, 4.69) is 11.8 Å². The average molecular weight is 288 g/mol. The van der Waals surface area contributed by atoms with Crippen LogP contribution in [0, 0.1) is 23.5 Å². The second kappa shape index (κ2) is 7.41. The van der Waals surface area contributed by atoms with Gasteiger partial charge in [0.1, 0.15) is 24.0 Å². The van der Waals surface area contributed by atoms with Crippen LogP contribution in [0.25, 0.3) is 0 Å². The van der Waals surface area contributed by atoms with Gasteiger partial charge in [-0.3, -0.25) is 0 Å². The van der Waals surface area contributed by atoms with Crippen molar-refractivity contribution < 1.29 is 18.6 Å². The molecule has 0 radical (unpaired) electrons. The molecule has 0 aliphatic rings. The highest BCUT2D eigenvalue weighted by Crippen LogP contribution is 2.20. The molecule has 0 saturated carbocycles. The summed E-state index contributed by atoms with van der Waals surface area (Å²) in [6, 6.07) is 10.0. The zero-order valence-corrected chi connectivity index (χ0v) is 11.3. The molecule has 0 bridgehead atoms. The Hall–Kier alpha value is -2.38. The summed E-state index contributed by atoms with van der Waals surface area (Å²) in [4.78, 5) is 0. The Kier molecular flexibility index (Phi) is 5.30. The molecule has 0 saturated heterocycles. The highest BCUT2D eigenvalue weighted by molar-refractivity contribution is 5.46. The van der Waals surface area contributed by atoms with E-state index in [1.165, 1.54) is 30.3 Å². The maximum absolute atomic E-state index is 13.2. The Morgan fingerprint density at radius 1 is 1.00 bits per heavy atom. The maximum Gasteiger partial charge on any atom is 0.135 e. The van der Waals surface area contributed by atoms with E-state index < -0.39 is 5.82 Å². The Morgan fingerprint density at radius 3 is 2.43 bits per heavy atom. The lowest BCUT2D eigenvalue weighted by Crippen LogP contribution is -1.98. The number of rotatable bonds is 4. The van der Waals surface area contributed by atoms with E-state index in [1.807, 2.05) is 0 Å². The van der Waals surface area contributed by atoms with Crippen LogP contribution in [-0.2, 0) is 6.61 Å². The van der Waals surface area contributed by atoms with Crippen LogP contribution in [0.15, 0.2) is 42.5 Å². The molecule has 4 heteroatoms. The summed E-state index contributed by atoms with van der Waals surface area (Å²) in [6.45, 7) is 0.189. The monoisotopic (exact) mass is 288 g/mol. The van der Waals surface area contributed by atoms with Gasteiger partial charge in [-0.1, -0.05) is 24.0 Å². The third-order valence-electron chi connectivity index (χ3n) is 2.71. The molecule has 0 amide bonds. The van der Waals surface area contributed by atoms with E-state index in [9.17, 15) is 8.78 Å². The van der Waals surface area contributed by atoms with Gasteiger partial charge in [-0.2, -0.15) is 0 Å². The maximum atomic E-state index is 13.2. The molecule has 0 aliphatic heterocycles. The number of benzene rings is 2. The lowest BCUT2D eigenvalue weighted by Gasteiger charge is -2.08. The van der Waals surface area contributed by atoms with Gasteiger partial charge in [-0.15, -0.1) is 0 Å². The van der Waals surface area contributed by atoms with Crippen molar-refractivity contribution in [3.8, 4) is 17.6 Å². The lowest BCUT2D eigenvalue weighted by atomic mass is 10.2. The first-order valence-corrected chi connectivity index (χ1v) is 6.45. The summed E-state index contributed by atoms with van der Waals surface area (Å²) >= 11 is 0. The molecular formula is C17H14F2O2. The van der Waals surface area contributed by atoms with Crippen molar-refractivity contribution in [2.45, 2.75) is 13.0 Å². The number of aliphatic hydroxyl groups is 1. The molecule has 2 aromatic carbocycles. The Bertz CT molecular complexity index is 655. The first-order valence-electron chi connectivity index (χ1n) is 6.45. The third-order valence-corrected chi connectivity index (χ3v) is 2.71. The summed E-state index contributed by atoms with van der Waals surface area (Å²) < 4.78 is 31.7. The van der Waals surface area contributed by atoms with Gasteiger partial charge in [0.15, 0.2) is 0 Å². The molecule has 0 aromatic heterocycles. The molecule has 2 rings (SSSR count). The van der Waals surface area contributed by atoms with Crippen LogP contribution in [0.3, 0.4) is 0 Å². The van der Waals surface area contributed by atoms with Crippen LogP contribution < -0.4 is 4.74 Å². The lowest BCUT2D eigenvalue weighted by molar-refractivity contribution is 0.304. The Balaban J connectivity index is 2.12. The van der Waals surface area contributed by atoms with Crippen molar-refractivity contribution in [1.29, 1.82) is 0 Å². The molecule has 0 atom stereocenters. The zero-order valence-electron chi connectivity index (χ0n) is 11.3. The second-order valence-corrected chi connectivity index (χ2v) is 4.33.